The third-order valence-corrected chi connectivity index (χ3v) is 4.15. The summed E-state index contributed by atoms with van der Waals surface area (Å²) in [6.07, 6.45) is 2.74. The molecule has 2 aromatic rings. The van der Waals surface area contributed by atoms with Crippen LogP contribution in [0.3, 0.4) is 0 Å². The highest BCUT2D eigenvalue weighted by atomic mass is 35.5. The molecular formula is C17H16ClNO2. The van der Waals surface area contributed by atoms with Gasteiger partial charge in [0.2, 0.25) is 5.91 Å². The van der Waals surface area contributed by atoms with Crippen LogP contribution in [-0.4, -0.2) is 5.91 Å². The maximum absolute atomic E-state index is 11.5. The highest BCUT2D eigenvalue weighted by molar-refractivity contribution is 6.32. The third-order valence-electron chi connectivity index (χ3n) is 3.84. The van der Waals surface area contributed by atoms with Crippen molar-refractivity contribution in [1.29, 1.82) is 0 Å². The summed E-state index contributed by atoms with van der Waals surface area (Å²) in [4.78, 5) is 11.5. The van der Waals surface area contributed by atoms with Gasteiger partial charge in [0.25, 0.3) is 0 Å². The zero-order valence-electron chi connectivity index (χ0n) is 11.5. The van der Waals surface area contributed by atoms with Crippen molar-refractivity contribution in [2.45, 2.75) is 25.2 Å². The summed E-state index contributed by atoms with van der Waals surface area (Å²) in [6, 6.07) is 13.1. The van der Waals surface area contributed by atoms with Crippen LogP contribution in [0, 0.1) is 0 Å². The third kappa shape index (κ3) is 2.88. The second kappa shape index (κ2) is 5.78. The lowest BCUT2D eigenvalue weighted by atomic mass is 9.82. The molecule has 0 saturated carbocycles. The van der Waals surface area contributed by atoms with Gasteiger partial charge in [0.05, 0.1) is 10.9 Å². The molecule has 0 aromatic heterocycles. The van der Waals surface area contributed by atoms with Gasteiger partial charge in [0, 0.05) is 0 Å². The lowest BCUT2D eigenvalue weighted by molar-refractivity contribution is -0.119. The smallest absolute Gasteiger partial charge is 0.224 e. The number of ether oxygens (including phenoxy) is 1. The Hall–Kier alpha value is -2.00. The highest BCUT2D eigenvalue weighted by Crippen LogP contribution is 2.35. The average Bonchev–Trinajstić information content (AvgIpc) is 2.48. The van der Waals surface area contributed by atoms with Crippen molar-refractivity contribution in [2.75, 3.05) is 0 Å². The predicted octanol–water partition coefficient (Wildman–Crippen LogP) is 4.04. The number of hydrogen-bond donors (Lipinski definition) is 1. The Labute approximate surface area is 128 Å². The van der Waals surface area contributed by atoms with E-state index in [-0.39, 0.29) is 11.8 Å². The molecule has 0 bridgehead atoms. The molecule has 3 nitrogen and oxygen atoms in total. The van der Waals surface area contributed by atoms with Gasteiger partial charge in [-0.2, -0.15) is 0 Å². The first-order valence-corrected chi connectivity index (χ1v) is 7.37. The summed E-state index contributed by atoms with van der Waals surface area (Å²) < 4.78 is 5.82. The van der Waals surface area contributed by atoms with Gasteiger partial charge in [-0.25, -0.2) is 0 Å². The number of carbonyl (C=O) groups excluding carboxylic acids is 1. The Kier molecular flexibility index (Phi) is 3.84. The minimum Gasteiger partial charge on any atom is -0.456 e. The maximum Gasteiger partial charge on any atom is 0.224 e. The number of fused-ring (bicyclic) bond motifs is 1. The van der Waals surface area contributed by atoms with Gasteiger partial charge in [-0.05, 0) is 54.7 Å². The van der Waals surface area contributed by atoms with Crippen LogP contribution in [0.5, 0.6) is 11.5 Å². The van der Waals surface area contributed by atoms with E-state index in [9.17, 15) is 4.79 Å². The minimum absolute atomic E-state index is 0.178. The van der Waals surface area contributed by atoms with Gasteiger partial charge >= 0.3 is 0 Å². The van der Waals surface area contributed by atoms with Crippen LogP contribution in [0.15, 0.2) is 42.5 Å². The van der Waals surface area contributed by atoms with E-state index in [1.807, 2.05) is 36.4 Å². The van der Waals surface area contributed by atoms with Crippen LogP contribution in [0.1, 0.15) is 29.9 Å². The summed E-state index contributed by atoms with van der Waals surface area (Å²) in [5.41, 5.74) is 7.64. The van der Waals surface area contributed by atoms with Crippen molar-refractivity contribution in [3.63, 3.8) is 0 Å². The van der Waals surface area contributed by atoms with E-state index in [4.69, 9.17) is 22.1 Å². The van der Waals surface area contributed by atoms with Crippen LogP contribution in [0.2, 0.25) is 5.02 Å². The lowest BCUT2D eigenvalue weighted by Gasteiger charge is -2.23. The molecule has 1 aliphatic carbocycles. The quantitative estimate of drug-likeness (QED) is 0.930. The van der Waals surface area contributed by atoms with Crippen LogP contribution in [0.4, 0.5) is 0 Å². The molecule has 2 aromatic carbocycles. The number of benzene rings is 2. The summed E-state index contributed by atoms with van der Waals surface area (Å²) in [7, 11) is 0. The van der Waals surface area contributed by atoms with Crippen molar-refractivity contribution in [1.82, 2.24) is 0 Å². The molecule has 0 unspecified atom stereocenters. The van der Waals surface area contributed by atoms with E-state index in [1.165, 1.54) is 0 Å². The summed E-state index contributed by atoms with van der Waals surface area (Å²) in [5, 5.41) is 0.574. The normalized spacial score (nSPS) is 17.1. The molecule has 1 amide bonds. The Bertz CT molecular complexity index is 684. The van der Waals surface area contributed by atoms with Gasteiger partial charge in [-0.3, -0.25) is 4.79 Å². The standard InChI is InChI=1S/C17H16ClNO2/c18-15-6-1-2-7-16(15)21-12-8-9-13-11(10-12)4-3-5-14(13)17(19)20/h1-2,6-10,14H,3-5H2,(H2,19,20)/t14-/m1/s1. The van der Waals surface area contributed by atoms with E-state index in [0.717, 1.165) is 36.1 Å². The van der Waals surface area contributed by atoms with Gasteiger partial charge in [-0.1, -0.05) is 29.8 Å². The number of primary amides is 1. The van der Waals surface area contributed by atoms with Crippen LogP contribution in [-0.2, 0) is 11.2 Å². The van der Waals surface area contributed by atoms with E-state index in [0.29, 0.717) is 10.8 Å². The van der Waals surface area contributed by atoms with Crippen molar-refractivity contribution in [3.05, 3.63) is 58.6 Å². The fraction of sp³-hybridized carbons (Fsp3) is 0.235. The van der Waals surface area contributed by atoms with E-state index >= 15 is 0 Å². The second-order valence-electron chi connectivity index (χ2n) is 5.24. The number of halogens is 1. The number of para-hydroxylation sites is 1. The van der Waals surface area contributed by atoms with Crippen molar-refractivity contribution >= 4 is 17.5 Å². The van der Waals surface area contributed by atoms with Gasteiger partial charge in [0.15, 0.2) is 0 Å². The molecule has 0 radical (unpaired) electrons. The molecule has 2 N–H and O–H groups in total. The first kappa shape index (κ1) is 14.0. The zero-order chi connectivity index (χ0) is 14.8. The summed E-state index contributed by atoms with van der Waals surface area (Å²) >= 11 is 6.10. The molecule has 0 fully saturated rings. The van der Waals surface area contributed by atoms with Gasteiger partial charge in [-0.15, -0.1) is 0 Å². The van der Waals surface area contributed by atoms with Crippen LogP contribution in [0.25, 0.3) is 0 Å². The molecule has 108 valence electrons. The molecule has 4 heteroatoms. The molecule has 21 heavy (non-hydrogen) atoms. The molecule has 3 rings (SSSR count). The molecule has 1 aliphatic rings. The molecule has 0 aliphatic heterocycles. The van der Waals surface area contributed by atoms with Gasteiger partial charge in [0.1, 0.15) is 11.5 Å². The second-order valence-corrected chi connectivity index (χ2v) is 5.65. The van der Waals surface area contributed by atoms with Crippen molar-refractivity contribution in [3.8, 4) is 11.5 Å². The number of hydrogen-bond acceptors (Lipinski definition) is 2. The van der Waals surface area contributed by atoms with Gasteiger partial charge < -0.3 is 10.5 Å². The molecule has 0 saturated heterocycles. The Balaban J connectivity index is 1.90. The first-order valence-electron chi connectivity index (χ1n) is 6.99. The number of carbonyl (C=O) groups is 1. The largest absolute Gasteiger partial charge is 0.456 e. The molecular weight excluding hydrogens is 286 g/mol. The lowest BCUT2D eigenvalue weighted by Crippen LogP contribution is -2.24. The zero-order valence-corrected chi connectivity index (χ0v) is 12.3. The van der Waals surface area contributed by atoms with Crippen molar-refractivity contribution < 1.29 is 9.53 Å². The maximum atomic E-state index is 11.5. The number of amides is 1. The Morgan fingerprint density at radius 1 is 1.24 bits per heavy atom. The SMILES string of the molecule is NC(=O)[C@@H]1CCCc2cc(Oc3ccccc3Cl)ccc21. The predicted molar refractivity (Wildman–Crippen MR) is 82.8 cm³/mol. The van der Waals surface area contributed by atoms with Crippen LogP contribution >= 0.6 is 11.6 Å². The molecule has 0 heterocycles. The highest BCUT2D eigenvalue weighted by Gasteiger charge is 2.24. The first-order chi connectivity index (χ1) is 10.1. The summed E-state index contributed by atoms with van der Waals surface area (Å²) in [5.74, 6) is 0.923. The number of aryl methyl sites for hydroxylation is 1. The summed E-state index contributed by atoms with van der Waals surface area (Å²) in [6.45, 7) is 0. The molecule has 0 spiro atoms. The number of nitrogens with two attached hydrogens (primary N) is 1. The van der Waals surface area contributed by atoms with E-state index in [1.54, 1.807) is 6.07 Å². The minimum atomic E-state index is -0.254. The van der Waals surface area contributed by atoms with Crippen molar-refractivity contribution in [2.24, 2.45) is 5.73 Å². The monoisotopic (exact) mass is 301 g/mol. The van der Waals surface area contributed by atoms with E-state index < -0.39 is 0 Å². The topological polar surface area (TPSA) is 52.3 Å². The average molecular weight is 302 g/mol. The van der Waals surface area contributed by atoms with E-state index in [2.05, 4.69) is 0 Å². The Morgan fingerprint density at radius 3 is 2.81 bits per heavy atom. The fourth-order valence-electron chi connectivity index (χ4n) is 2.80. The molecule has 1 atom stereocenters. The Morgan fingerprint density at radius 2 is 2.05 bits per heavy atom. The number of rotatable bonds is 3. The fourth-order valence-corrected chi connectivity index (χ4v) is 2.98. The van der Waals surface area contributed by atoms with Crippen LogP contribution < -0.4 is 10.5 Å².